The number of piperazine rings is 1. The second kappa shape index (κ2) is 9.09. The van der Waals surface area contributed by atoms with Gasteiger partial charge in [-0.15, -0.1) is 0 Å². The normalized spacial score (nSPS) is 18.4. The lowest BCUT2D eigenvalue weighted by Gasteiger charge is -2.35. The van der Waals surface area contributed by atoms with Crippen LogP contribution in [0, 0.1) is 12.8 Å². The van der Waals surface area contributed by atoms with Crippen molar-refractivity contribution in [2.45, 2.75) is 13.3 Å². The number of H-pyrrole nitrogens is 1. The lowest BCUT2D eigenvalue weighted by atomic mass is 10.1. The van der Waals surface area contributed by atoms with E-state index in [0.29, 0.717) is 44.1 Å². The largest absolute Gasteiger partial charge is 0.339 e. The lowest BCUT2D eigenvalue weighted by molar-refractivity contribution is -0.137. The molecule has 4 heterocycles. The molecule has 0 saturated carbocycles. The molecule has 2 fully saturated rings. The summed E-state index contributed by atoms with van der Waals surface area (Å²) in [6, 6.07) is 13.2. The van der Waals surface area contributed by atoms with Gasteiger partial charge in [0.1, 0.15) is 5.69 Å². The van der Waals surface area contributed by atoms with Crippen molar-refractivity contribution in [1.29, 1.82) is 0 Å². The number of nitrogens with one attached hydrogen (secondary N) is 1. The molecule has 34 heavy (non-hydrogen) atoms. The predicted octanol–water partition coefficient (Wildman–Crippen LogP) is 2.12. The quantitative estimate of drug-likeness (QED) is 0.645. The van der Waals surface area contributed by atoms with E-state index in [1.54, 1.807) is 33.2 Å². The van der Waals surface area contributed by atoms with Gasteiger partial charge in [0.2, 0.25) is 11.8 Å². The first kappa shape index (κ1) is 21.8. The molecule has 2 aliphatic rings. The number of hydrogen-bond donors (Lipinski definition) is 1. The number of carbonyl (C=O) groups is 3. The van der Waals surface area contributed by atoms with Gasteiger partial charge in [-0.05, 0) is 37.3 Å². The van der Waals surface area contributed by atoms with E-state index in [0.717, 1.165) is 16.8 Å². The van der Waals surface area contributed by atoms with Crippen LogP contribution in [0.2, 0.25) is 0 Å². The Morgan fingerprint density at radius 1 is 0.971 bits per heavy atom. The van der Waals surface area contributed by atoms with Crippen molar-refractivity contribution in [2.24, 2.45) is 5.92 Å². The maximum Gasteiger partial charge on any atom is 0.272 e. The molecule has 3 amide bonds. The molecular formula is C25H26N6O3. The maximum atomic E-state index is 13.1. The van der Waals surface area contributed by atoms with E-state index in [1.807, 2.05) is 43.3 Å². The summed E-state index contributed by atoms with van der Waals surface area (Å²) in [4.78, 5) is 47.8. The number of hydrogen-bond acceptors (Lipinski definition) is 5. The smallest absolute Gasteiger partial charge is 0.272 e. The van der Waals surface area contributed by atoms with Crippen molar-refractivity contribution in [3.63, 3.8) is 0 Å². The van der Waals surface area contributed by atoms with Crippen LogP contribution in [-0.4, -0.2) is 75.4 Å². The first-order chi connectivity index (χ1) is 16.5. The molecule has 0 radical (unpaired) electrons. The van der Waals surface area contributed by atoms with Crippen LogP contribution in [0.25, 0.3) is 11.3 Å². The van der Waals surface area contributed by atoms with Gasteiger partial charge < -0.3 is 14.7 Å². The Balaban J connectivity index is 1.17. The Morgan fingerprint density at radius 3 is 2.35 bits per heavy atom. The standard InChI is InChI=1S/C25H26N6O3/c1-17-2-4-20(5-3-17)31-16-19(14-23(31)32)24(33)29-10-12-30(13-11-29)25(34)22-15-21(27-28-22)18-6-8-26-9-7-18/h2-9,15,19H,10-14,16H2,1H3,(H,27,28). The Labute approximate surface area is 197 Å². The van der Waals surface area contributed by atoms with Crippen LogP contribution in [-0.2, 0) is 9.59 Å². The molecule has 2 saturated heterocycles. The Bertz CT molecular complexity index is 1200. The molecule has 9 nitrogen and oxygen atoms in total. The molecule has 9 heteroatoms. The van der Waals surface area contributed by atoms with Gasteiger partial charge in [-0.25, -0.2) is 0 Å². The van der Waals surface area contributed by atoms with E-state index in [9.17, 15) is 14.4 Å². The zero-order chi connectivity index (χ0) is 23.7. The molecule has 2 aromatic heterocycles. The van der Waals surface area contributed by atoms with Crippen LogP contribution >= 0.6 is 0 Å². The Hall–Kier alpha value is -4.01. The van der Waals surface area contributed by atoms with E-state index in [-0.39, 0.29) is 30.1 Å². The van der Waals surface area contributed by atoms with Crippen molar-refractivity contribution >= 4 is 23.4 Å². The van der Waals surface area contributed by atoms with Crippen molar-refractivity contribution in [3.8, 4) is 11.3 Å². The van der Waals surface area contributed by atoms with Gasteiger partial charge in [-0.3, -0.25) is 24.5 Å². The molecule has 0 bridgehead atoms. The van der Waals surface area contributed by atoms with Crippen molar-refractivity contribution in [2.75, 3.05) is 37.6 Å². The van der Waals surface area contributed by atoms with Gasteiger partial charge in [0.05, 0.1) is 11.6 Å². The average molecular weight is 459 g/mol. The van der Waals surface area contributed by atoms with E-state index < -0.39 is 0 Å². The van der Waals surface area contributed by atoms with E-state index in [1.165, 1.54) is 0 Å². The molecule has 174 valence electrons. The minimum atomic E-state index is -0.355. The molecule has 0 aliphatic carbocycles. The molecule has 2 aliphatic heterocycles. The van der Waals surface area contributed by atoms with Gasteiger partial charge in [0, 0.05) is 62.8 Å². The van der Waals surface area contributed by atoms with Crippen molar-refractivity contribution < 1.29 is 14.4 Å². The third kappa shape index (κ3) is 4.28. The van der Waals surface area contributed by atoms with Gasteiger partial charge in [-0.1, -0.05) is 17.7 Å². The van der Waals surface area contributed by atoms with E-state index >= 15 is 0 Å². The molecule has 1 aromatic carbocycles. The zero-order valence-electron chi connectivity index (χ0n) is 19.0. The monoisotopic (exact) mass is 458 g/mol. The fourth-order valence-electron chi connectivity index (χ4n) is 4.51. The van der Waals surface area contributed by atoms with Crippen LogP contribution < -0.4 is 4.90 Å². The number of aromatic nitrogens is 3. The summed E-state index contributed by atoms with van der Waals surface area (Å²) in [6.07, 6.45) is 3.58. The summed E-state index contributed by atoms with van der Waals surface area (Å²) in [5, 5.41) is 7.06. The number of nitrogens with zero attached hydrogens (tertiary/aromatic N) is 5. The summed E-state index contributed by atoms with van der Waals surface area (Å²) in [7, 11) is 0. The number of anilines is 1. The van der Waals surface area contributed by atoms with Crippen molar-refractivity contribution in [1.82, 2.24) is 25.0 Å². The van der Waals surface area contributed by atoms with Gasteiger partial charge in [0.15, 0.2) is 0 Å². The number of rotatable bonds is 4. The minimum absolute atomic E-state index is 0.0171. The number of aryl methyl sites for hydroxylation is 1. The average Bonchev–Trinajstić information content (AvgIpc) is 3.52. The topological polar surface area (TPSA) is 102 Å². The number of benzene rings is 1. The number of pyridine rings is 1. The number of amides is 3. The summed E-state index contributed by atoms with van der Waals surface area (Å²) in [6.45, 7) is 4.17. The molecule has 1 N–H and O–H groups in total. The Morgan fingerprint density at radius 2 is 1.65 bits per heavy atom. The van der Waals surface area contributed by atoms with Crippen LogP contribution in [0.1, 0.15) is 22.5 Å². The molecule has 0 spiro atoms. The fraction of sp³-hybridized carbons (Fsp3) is 0.320. The summed E-state index contributed by atoms with van der Waals surface area (Å²) in [5.41, 5.74) is 3.93. The third-order valence-electron chi connectivity index (χ3n) is 6.48. The highest BCUT2D eigenvalue weighted by atomic mass is 16.2. The lowest BCUT2D eigenvalue weighted by Crippen LogP contribution is -2.52. The molecule has 1 unspecified atom stereocenters. The Kier molecular flexibility index (Phi) is 5.83. The second-order valence-corrected chi connectivity index (χ2v) is 8.76. The second-order valence-electron chi connectivity index (χ2n) is 8.76. The van der Waals surface area contributed by atoms with E-state index in [2.05, 4.69) is 15.2 Å². The highest BCUT2D eigenvalue weighted by Crippen LogP contribution is 2.27. The fourth-order valence-corrected chi connectivity index (χ4v) is 4.51. The highest BCUT2D eigenvalue weighted by molar-refractivity contribution is 6.00. The van der Waals surface area contributed by atoms with Crippen molar-refractivity contribution in [3.05, 3.63) is 66.1 Å². The van der Waals surface area contributed by atoms with E-state index in [4.69, 9.17) is 0 Å². The first-order valence-electron chi connectivity index (χ1n) is 11.4. The van der Waals surface area contributed by atoms with Crippen LogP contribution in [0.5, 0.6) is 0 Å². The number of aromatic amines is 1. The summed E-state index contributed by atoms with van der Waals surface area (Å²) in [5.74, 6) is -0.537. The molecule has 5 rings (SSSR count). The van der Waals surface area contributed by atoms with Crippen LogP contribution in [0.15, 0.2) is 54.9 Å². The SMILES string of the molecule is Cc1ccc(N2CC(C(=O)N3CCN(C(=O)c4cc(-c5ccncc5)n[nH]4)CC3)CC2=O)cc1. The third-order valence-corrected chi connectivity index (χ3v) is 6.48. The van der Waals surface area contributed by atoms with Gasteiger partial charge in [-0.2, -0.15) is 5.10 Å². The predicted molar refractivity (Wildman–Crippen MR) is 126 cm³/mol. The molecule has 1 atom stereocenters. The molecular weight excluding hydrogens is 432 g/mol. The van der Waals surface area contributed by atoms with Crippen LogP contribution in [0.4, 0.5) is 5.69 Å². The molecule has 3 aromatic rings. The first-order valence-corrected chi connectivity index (χ1v) is 11.4. The van der Waals surface area contributed by atoms with Gasteiger partial charge >= 0.3 is 0 Å². The number of carbonyl (C=O) groups excluding carboxylic acids is 3. The minimum Gasteiger partial charge on any atom is -0.339 e. The zero-order valence-corrected chi connectivity index (χ0v) is 19.0. The summed E-state index contributed by atoms with van der Waals surface area (Å²) < 4.78 is 0. The van der Waals surface area contributed by atoms with Gasteiger partial charge in [0.25, 0.3) is 5.91 Å². The summed E-state index contributed by atoms with van der Waals surface area (Å²) >= 11 is 0. The highest BCUT2D eigenvalue weighted by Gasteiger charge is 2.38. The maximum absolute atomic E-state index is 13.1. The van der Waals surface area contributed by atoms with Crippen LogP contribution in [0.3, 0.4) is 0 Å².